The second kappa shape index (κ2) is 4.63. The summed E-state index contributed by atoms with van der Waals surface area (Å²) in [7, 11) is 0. The van der Waals surface area contributed by atoms with Crippen LogP contribution in [0.5, 0.6) is 5.75 Å². The summed E-state index contributed by atoms with van der Waals surface area (Å²) < 4.78 is 5.30. The molecule has 0 spiro atoms. The normalized spacial score (nSPS) is 17.1. The molecule has 98 valence electrons. The molecule has 2 aromatic rings. The Hall–Kier alpha value is -2.93. The van der Waals surface area contributed by atoms with E-state index in [0.29, 0.717) is 11.4 Å². The molecule has 0 radical (unpaired) electrons. The van der Waals surface area contributed by atoms with Crippen molar-refractivity contribution in [1.82, 2.24) is 0 Å². The van der Waals surface area contributed by atoms with Crippen molar-refractivity contribution in [2.45, 2.75) is 5.92 Å². The van der Waals surface area contributed by atoms with Crippen LogP contribution in [0.15, 0.2) is 60.0 Å². The van der Waals surface area contributed by atoms with Gasteiger partial charge in [-0.1, -0.05) is 30.3 Å². The van der Waals surface area contributed by atoms with E-state index in [1.807, 2.05) is 36.4 Å². The highest BCUT2D eigenvalue weighted by Gasteiger charge is 2.31. The number of benzene rings is 2. The van der Waals surface area contributed by atoms with Gasteiger partial charge in [0.1, 0.15) is 17.4 Å². The summed E-state index contributed by atoms with van der Waals surface area (Å²) in [5.41, 5.74) is 8.30. The number of anilines is 1. The van der Waals surface area contributed by atoms with E-state index in [-0.39, 0.29) is 17.4 Å². The number of aliphatic hydroxyl groups is 1. The van der Waals surface area contributed by atoms with Crippen molar-refractivity contribution < 1.29 is 9.84 Å². The number of hydrogen-bond acceptors (Lipinski definition) is 4. The number of ether oxygens (including phenoxy) is 1. The smallest absolute Gasteiger partial charge is 0.297 e. The standard InChI is InChI=1S/C16H12N2O2/c17-9-13-15(10-4-2-1-3-5-10)12-8-11(18)6-7-14(12)20-16(13)19/h1-8,15,19H,18H2. The van der Waals surface area contributed by atoms with Crippen LogP contribution in [0.2, 0.25) is 0 Å². The summed E-state index contributed by atoms with van der Waals surface area (Å²) in [6.07, 6.45) is 0. The molecule has 0 amide bonds. The van der Waals surface area contributed by atoms with Gasteiger partial charge in [-0.2, -0.15) is 5.26 Å². The molecular formula is C16H12N2O2. The Labute approximate surface area is 116 Å². The molecule has 1 aliphatic heterocycles. The number of nitriles is 1. The van der Waals surface area contributed by atoms with Crippen molar-refractivity contribution in [3.8, 4) is 11.8 Å². The fourth-order valence-corrected chi connectivity index (χ4v) is 2.43. The molecule has 3 rings (SSSR count). The Balaban J connectivity index is 2.24. The zero-order valence-electron chi connectivity index (χ0n) is 10.6. The van der Waals surface area contributed by atoms with Crippen molar-refractivity contribution >= 4 is 5.69 Å². The lowest BCUT2D eigenvalue weighted by Gasteiger charge is -2.25. The largest absolute Gasteiger partial charge is 0.480 e. The first-order chi connectivity index (χ1) is 9.70. The highest BCUT2D eigenvalue weighted by molar-refractivity contribution is 5.59. The third-order valence-electron chi connectivity index (χ3n) is 3.32. The van der Waals surface area contributed by atoms with Crippen molar-refractivity contribution in [3.05, 3.63) is 71.2 Å². The fourth-order valence-electron chi connectivity index (χ4n) is 2.43. The Morgan fingerprint density at radius 2 is 1.90 bits per heavy atom. The SMILES string of the molecule is N#CC1=C(O)Oc2ccc(N)cc2C1c1ccccc1. The van der Waals surface area contributed by atoms with Crippen LogP contribution in [0, 0.1) is 11.3 Å². The zero-order chi connectivity index (χ0) is 14.1. The van der Waals surface area contributed by atoms with E-state index in [4.69, 9.17) is 10.5 Å². The molecule has 2 aromatic carbocycles. The molecule has 20 heavy (non-hydrogen) atoms. The lowest BCUT2D eigenvalue weighted by Crippen LogP contribution is -2.16. The highest BCUT2D eigenvalue weighted by Crippen LogP contribution is 2.42. The minimum Gasteiger partial charge on any atom is -0.480 e. The maximum absolute atomic E-state index is 9.92. The average Bonchev–Trinajstić information content (AvgIpc) is 2.47. The van der Waals surface area contributed by atoms with Crippen LogP contribution in [0.1, 0.15) is 17.0 Å². The van der Waals surface area contributed by atoms with Gasteiger partial charge in [0, 0.05) is 11.3 Å². The van der Waals surface area contributed by atoms with Crippen molar-refractivity contribution in [2.24, 2.45) is 0 Å². The Morgan fingerprint density at radius 3 is 2.60 bits per heavy atom. The van der Waals surface area contributed by atoms with Crippen LogP contribution >= 0.6 is 0 Å². The lowest BCUT2D eigenvalue weighted by atomic mass is 9.83. The molecule has 0 saturated heterocycles. The monoisotopic (exact) mass is 264 g/mol. The van der Waals surface area contributed by atoms with Crippen LogP contribution in [0.3, 0.4) is 0 Å². The number of nitrogens with two attached hydrogens (primary N) is 1. The summed E-state index contributed by atoms with van der Waals surface area (Å²) in [4.78, 5) is 0. The van der Waals surface area contributed by atoms with Crippen molar-refractivity contribution in [2.75, 3.05) is 5.73 Å². The van der Waals surface area contributed by atoms with Gasteiger partial charge < -0.3 is 15.6 Å². The van der Waals surface area contributed by atoms with Crippen molar-refractivity contribution in [3.63, 3.8) is 0 Å². The molecule has 1 heterocycles. The van der Waals surface area contributed by atoms with E-state index in [2.05, 4.69) is 0 Å². The number of rotatable bonds is 1. The third kappa shape index (κ3) is 1.86. The molecule has 0 aromatic heterocycles. The number of hydrogen-bond donors (Lipinski definition) is 2. The van der Waals surface area contributed by atoms with E-state index in [0.717, 1.165) is 11.1 Å². The Bertz CT molecular complexity index is 730. The number of fused-ring (bicyclic) bond motifs is 1. The van der Waals surface area contributed by atoms with Crippen LogP contribution in [0.25, 0.3) is 0 Å². The van der Waals surface area contributed by atoms with Gasteiger partial charge in [-0.15, -0.1) is 0 Å². The molecule has 0 bridgehead atoms. The van der Waals surface area contributed by atoms with E-state index in [1.165, 1.54) is 0 Å². The first-order valence-corrected chi connectivity index (χ1v) is 6.16. The summed E-state index contributed by atoms with van der Waals surface area (Å²) >= 11 is 0. The fraction of sp³-hybridized carbons (Fsp3) is 0.0625. The van der Waals surface area contributed by atoms with E-state index in [9.17, 15) is 10.4 Å². The number of nitrogens with zero attached hydrogens (tertiary/aromatic N) is 1. The first-order valence-electron chi connectivity index (χ1n) is 6.16. The number of nitrogen functional groups attached to an aromatic ring is 1. The molecule has 0 saturated carbocycles. The second-order valence-electron chi connectivity index (χ2n) is 4.57. The van der Waals surface area contributed by atoms with Crippen LogP contribution in [0.4, 0.5) is 5.69 Å². The molecule has 4 heteroatoms. The van der Waals surface area contributed by atoms with E-state index < -0.39 is 0 Å². The van der Waals surface area contributed by atoms with Crippen LogP contribution < -0.4 is 10.5 Å². The Kier molecular flexibility index (Phi) is 2.81. The minimum absolute atomic E-state index is 0.189. The predicted octanol–water partition coefficient (Wildman–Crippen LogP) is 3.09. The quantitative estimate of drug-likeness (QED) is 0.776. The van der Waals surface area contributed by atoms with Gasteiger partial charge in [0.2, 0.25) is 0 Å². The van der Waals surface area contributed by atoms with E-state index in [1.54, 1.807) is 18.2 Å². The van der Waals surface area contributed by atoms with Gasteiger partial charge in [0.15, 0.2) is 0 Å². The minimum atomic E-state index is -0.367. The summed E-state index contributed by atoms with van der Waals surface area (Å²) in [6.45, 7) is 0. The highest BCUT2D eigenvalue weighted by atomic mass is 16.6. The molecule has 1 unspecified atom stereocenters. The molecule has 4 nitrogen and oxygen atoms in total. The number of allylic oxidation sites excluding steroid dienone is 1. The molecule has 0 fully saturated rings. The molecule has 3 N–H and O–H groups in total. The van der Waals surface area contributed by atoms with Gasteiger partial charge in [-0.3, -0.25) is 0 Å². The first kappa shape index (κ1) is 12.1. The van der Waals surface area contributed by atoms with Crippen LogP contribution in [-0.4, -0.2) is 5.11 Å². The molecule has 1 aliphatic rings. The maximum atomic E-state index is 9.92. The van der Waals surface area contributed by atoms with Crippen molar-refractivity contribution in [1.29, 1.82) is 5.26 Å². The molecule has 1 atom stereocenters. The van der Waals surface area contributed by atoms with Gasteiger partial charge in [0.05, 0.1) is 5.92 Å². The second-order valence-corrected chi connectivity index (χ2v) is 4.57. The van der Waals surface area contributed by atoms with E-state index >= 15 is 0 Å². The summed E-state index contributed by atoms with van der Waals surface area (Å²) in [5.74, 6) is -0.198. The van der Waals surface area contributed by atoms with Gasteiger partial charge in [0.25, 0.3) is 5.95 Å². The van der Waals surface area contributed by atoms with Gasteiger partial charge in [-0.25, -0.2) is 0 Å². The topological polar surface area (TPSA) is 79.3 Å². The molecule has 0 aliphatic carbocycles. The lowest BCUT2D eigenvalue weighted by molar-refractivity contribution is 0.194. The summed E-state index contributed by atoms with van der Waals surface area (Å²) in [6, 6.07) is 16.7. The number of aliphatic hydroxyl groups excluding tert-OH is 1. The summed E-state index contributed by atoms with van der Waals surface area (Å²) in [5, 5.41) is 19.2. The predicted molar refractivity (Wildman–Crippen MR) is 75.0 cm³/mol. The van der Waals surface area contributed by atoms with Crippen LogP contribution in [-0.2, 0) is 0 Å². The average molecular weight is 264 g/mol. The molecular weight excluding hydrogens is 252 g/mol. The third-order valence-corrected chi connectivity index (χ3v) is 3.32. The maximum Gasteiger partial charge on any atom is 0.297 e. The van der Waals surface area contributed by atoms with Gasteiger partial charge in [-0.05, 0) is 23.8 Å². The van der Waals surface area contributed by atoms with Gasteiger partial charge >= 0.3 is 0 Å². The zero-order valence-corrected chi connectivity index (χ0v) is 10.6. The Morgan fingerprint density at radius 1 is 1.15 bits per heavy atom.